The smallest absolute Gasteiger partial charge is 0.256 e. The largest absolute Gasteiger partial charge is 0.322 e. The van der Waals surface area contributed by atoms with Crippen LogP contribution in [0.4, 0.5) is 5.69 Å². The second-order valence-electron chi connectivity index (χ2n) is 4.79. The molecule has 3 rings (SSSR count). The lowest BCUT2D eigenvalue weighted by atomic mass is 10.1. The summed E-state index contributed by atoms with van der Waals surface area (Å²) in [5.41, 5.74) is 3.09. The minimum atomic E-state index is -0.154. The summed E-state index contributed by atoms with van der Waals surface area (Å²) in [5.74, 6) is -0.154. The first-order valence-electron chi connectivity index (χ1n) is 6.56. The maximum atomic E-state index is 12.5. The summed E-state index contributed by atoms with van der Waals surface area (Å²) in [6.45, 7) is 1.91. The number of aromatic nitrogens is 1. The third-order valence-electron chi connectivity index (χ3n) is 3.33. The molecule has 0 fully saturated rings. The highest BCUT2D eigenvalue weighted by molar-refractivity contribution is 6.30. The Morgan fingerprint density at radius 2 is 2.00 bits per heavy atom. The Hall–Kier alpha value is -2.39. The van der Waals surface area contributed by atoms with Crippen molar-refractivity contribution < 1.29 is 4.79 Å². The minimum absolute atomic E-state index is 0.154. The second kappa shape index (κ2) is 5.54. The highest BCUT2D eigenvalue weighted by Crippen LogP contribution is 2.22. The summed E-state index contributed by atoms with van der Waals surface area (Å²) in [4.78, 5) is 16.8. The summed E-state index contributed by atoms with van der Waals surface area (Å²) in [6.07, 6.45) is 1.72. The van der Waals surface area contributed by atoms with E-state index >= 15 is 0 Å². The van der Waals surface area contributed by atoms with Gasteiger partial charge in [-0.1, -0.05) is 23.7 Å². The molecule has 0 unspecified atom stereocenters. The van der Waals surface area contributed by atoms with Crippen LogP contribution in [-0.4, -0.2) is 10.9 Å². The molecule has 1 N–H and O–H groups in total. The van der Waals surface area contributed by atoms with Crippen LogP contribution in [0.5, 0.6) is 0 Å². The Morgan fingerprint density at radius 1 is 1.14 bits per heavy atom. The van der Waals surface area contributed by atoms with Crippen molar-refractivity contribution in [3.8, 4) is 0 Å². The second-order valence-corrected chi connectivity index (χ2v) is 5.23. The molecule has 0 saturated carbocycles. The molecule has 0 aliphatic carbocycles. The van der Waals surface area contributed by atoms with Crippen molar-refractivity contribution in [1.82, 2.24) is 4.98 Å². The van der Waals surface area contributed by atoms with Gasteiger partial charge in [0, 0.05) is 27.9 Å². The van der Waals surface area contributed by atoms with E-state index in [-0.39, 0.29) is 5.91 Å². The lowest BCUT2D eigenvalue weighted by Gasteiger charge is -2.10. The van der Waals surface area contributed by atoms with E-state index in [4.69, 9.17) is 11.6 Å². The summed E-state index contributed by atoms with van der Waals surface area (Å²) in [7, 11) is 0. The first kappa shape index (κ1) is 13.6. The van der Waals surface area contributed by atoms with Gasteiger partial charge < -0.3 is 5.32 Å². The number of halogens is 1. The van der Waals surface area contributed by atoms with E-state index < -0.39 is 0 Å². The van der Waals surface area contributed by atoms with Crippen LogP contribution >= 0.6 is 11.6 Å². The molecule has 21 heavy (non-hydrogen) atoms. The maximum absolute atomic E-state index is 12.5. The number of hydrogen-bond acceptors (Lipinski definition) is 2. The molecular formula is C17H13ClN2O. The van der Waals surface area contributed by atoms with Crippen LogP contribution in [-0.2, 0) is 0 Å². The number of benzene rings is 2. The highest BCUT2D eigenvalue weighted by atomic mass is 35.5. The van der Waals surface area contributed by atoms with Gasteiger partial charge in [0.05, 0.1) is 5.52 Å². The Morgan fingerprint density at radius 3 is 2.81 bits per heavy atom. The van der Waals surface area contributed by atoms with Gasteiger partial charge in [-0.25, -0.2) is 0 Å². The van der Waals surface area contributed by atoms with Crippen LogP contribution in [0.2, 0.25) is 5.02 Å². The van der Waals surface area contributed by atoms with E-state index in [0.29, 0.717) is 10.6 Å². The molecule has 0 radical (unpaired) electrons. The molecule has 0 saturated heterocycles. The molecule has 4 heteroatoms. The van der Waals surface area contributed by atoms with Crippen LogP contribution in [0.25, 0.3) is 10.9 Å². The average Bonchev–Trinajstić information content (AvgIpc) is 2.49. The van der Waals surface area contributed by atoms with Crippen molar-refractivity contribution in [2.45, 2.75) is 6.92 Å². The number of nitrogens with one attached hydrogen (secondary N) is 1. The Labute approximate surface area is 127 Å². The maximum Gasteiger partial charge on any atom is 0.256 e. The van der Waals surface area contributed by atoms with Gasteiger partial charge in [-0.3, -0.25) is 9.78 Å². The Kier molecular flexibility index (Phi) is 3.59. The van der Waals surface area contributed by atoms with Crippen molar-refractivity contribution in [2.75, 3.05) is 5.32 Å². The average molecular weight is 297 g/mol. The lowest BCUT2D eigenvalue weighted by Crippen LogP contribution is -2.13. The molecule has 1 aromatic heterocycles. The fraction of sp³-hybridized carbons (Fsp3) is 0.0588. The lowest BCUT2D eigenvalue weighted by molar-refractivity contribution is 0.102. The normalized spacial score (nSPS) is 10.6. The molecular weight excluding hydrogens is 284 g/mol. The number of amides is 1. The monoisotopic (exact) mass is 296 g/mol. The number of carbonyl (C=O) groups is 1. The van der Waals surface area contributed by atoms with E-state index in [1.807, 2.05) is 37.3 Å². The highest BCUT2D eigenvalue weighted by Gasteiger charge is 2.11. The number of carbonyl (C=O) groups excluding carboxylic acids is 1. The third-order valence-corrected chi connectivity index (χ3v) is 3.56. The van der Waals surface area contributed by atoms with Crippen molar-refractivity contribution in [1.29, 1.82) is 0 Å². The number of pyridine rings is 1. The van der Waals surface area contributed by atoms with Crippen LogP contribution in [0.1, 0.15) is 15.9 Å². The quantitative estimate of drug-likeness (QED) is 0.759. The summed E-state index contributed by atoms with van der Waals surface area (Å²) in [6, 6.07) is 14.6. The standard InChI is InChI=1S/C17H13ClN2O/c1-11-10-12(18)7-8-15(11)20-17(21)14-4-2-6-16-13(14)5-3-9-19-16/h2-10H,1H3,(H,20,21). The van der Waals surface area contributed by atoms with Gasteiger partial charge in [0.2, 0.25) is 0 Å². The zero-order valence-electron chi connectivity index (χ0n) is 11.4. The van der Waals surface area contributed by atoms with E-state index in [0.717, 1.165) is 22.2 Å². The summed E-state index contributed by atoms with van der Waals surface area (Å²) in [5, 5.41) is 4.41. The van der Waals surface area contributed by atoms with E-state index in [2.05, 4.69) is 10.3 Å². The molecule has 1 amide bonds. The van der Waals surface area contributed by atoms with Crippen molar-refractivity contribution >= 4 is 34.1 Å². The number of hydrogen-bond donors (Lipinski definition) is 1. The van der Waals surface area contributed by atoms with Gasteiger partial charge in [-0.15, -0.1) is 0 Å². The van der Waals surface area contributed by atoms with Crippen molar-refractivity contribution in [3.05, 3.63) is 70.9 Å². The summed E-state index contributed by atoms with van der Waals surface area (Å²) >= 11 is 5.93. The number of aryl methyl sites for hydroxylation is 1. The molecule has 0 atom stereocenters. The van der Waals surface area contributed by atoms with Gasteiger partial charge >= 0.3 is 0 Å². The molecule has 0 bridgehead atoms. The zero-order chi connectivity index (χ0) is 14.8. The van der Waals surface area contributed by atoms with Gasteiger partial charge in [-0.05, 0) is 48.9 Å². The van der Waals surface area contributed by atoms with E-state index in [1.54, 1.807) is 24.4 Å². The molecule has 0 spiro atoms. The first-order chi connectivity index (χ1) is 10.1. The number of nitrogens with zero attached hydrogens (tertiary/aromatic N) is 1. The SMILES string of the molecule is Cc1cc(Cl)ccc1NC(=O)c1cccc2ncccc12. The van der Waals surface area contributed by atoms with Gasteiger partial charge in [0.15, 0.2) is 0 Å². The van der Waals surface area contributed by atoms with E-state index in [9.17, 15) is 4.79 Å². The molecule has 3 aromatic rings. The molecule has 0 aliphatic rings. The fourth-order valence-corrected chi connectivity index (χ4v) is 2.48. The topological polar surface area (TPSA) is 42.0 Å². The molecule has 104 valence electrons. The van der Waals surface area contributed by atoms with Gasteiger partial charge in [-0.2, -0.15) is 0 Å². The van der Waals surface area contributed by atoms with Crippen LogP contribution in [0.15, 0.2) is 54.7 Å². The third kappa shape index (κ3) is 2.73. The number of anilines is 1. The first-order valence-corrected chi connectivity index (χ1v) is 6.94. The van der Waals surface area contributed by atoms with Gasteiger partial charge in [0.25, 0.3) is 5.91 Å². The molecule has 3 nitrogen and oxygen atoms in total. The summed E-state index contributed by atoms with van der Waals surface area (Å²) < 4.78 is 0. The van der Waals surface area contributed by atoms with Crippen molar-refractivity contribution in [2.24, 2.45) is 0 Å². The molecule has 1 heterocycles. The Bertz CT molecular complexity index is 825. The van der Waals surface area contributed by atoms with E-state index in [1.165, 1.54) is 0 Å². The van der Waals surface area contributed by atoms with Crippen LogP contribution in [0.3, 0.4) is 0 Å². The molecule has 2 aromatic carbocycles. The Balaban J connectivity index is 1.97. The fourth-order valence-electron chi connectivity index (χ4n) is 2.26. The van der Waals surface area contributed by atoms with Crippen LogP contribution < -0.4 is 5.32 Å². The van der Waals surface area contributed by atoms with Crippen molar-refractivity contribution in [3.63, 3.8) is 0 Å². The predicted molar refractivity (Wildman–Crippen MR) is 85.9 cm³/mol. The van der Waals surface area contributed by atoms with Crippen LogP contribution in [0, 0.1) is 6.92 Å². The van der Waals surface area contributed by atoms with Gasteiger partial charge in [0.1, 0.15) is 0 Å². The number of rotatable bonds is 2. The molecule has 0 aliphatic heterocycles. The zero-order valence-corrected chi connectivity index (χ0v) is 12.2. The minimum Gasteiger partial charge on any atom is -0.322 e. The predicted octanol–water partition coefficient (Wildman–Crippen LogP) is 4.45. The number of fused-ring (bicyclic) bond motifs is 1.